The van der Waals surface area contributed by atoms with Gasteiger partial charge in [0.1, 0.15) is 11.5 Å². The second-order valence-corrected chi connectivity index (χ2v) is 4.87. The van der Waals surface area contributed by atoms with Crippen LogP contribution in [0.2, 0.25) is 0 Å². The Morgan fingerprint density at radius 2 is 1.52 bits per heavy atom. The number of ketones is 2. The molecule has 0 aliphatic rings. The average molecular weight is 282 g/mol. The topological polar surface area (TPSA) is 43.4 Å². The molecule has 0 fully saturated rings. The molecule has 0 radical (unpaired) electrons. The number of benzene rings is 2. The number of Topliss-reactive ketones (excluding diaryl/α,β-unsaturated/α-hetero) is 1. The molecule has 2 aromatic carbocycles. The van der Waals surface area contributed by atoms with Gasteiger partial charge < -0.3 is 9.53 Å². The number of hydrogen-bond acceptors (Lipinski definition) is 3. The van der Waals surface area contributed by atoms with Gasteiger partial charge in [-0.25, -0.2) is 0 Å². The maximum Gasteiger partial charge on any atom is 0.193 e. The summed E-state index contributed by atoms with van der Waals surface area (Å²) in [5, 5.41) is 0. The highest BCUT2D eigenvalue weighted by molar-refractivity contribution is 6.08. The molecule has 21 heavy (non-hydrogen) atoms. The number of carbonyl (C=O) groups is 2. The molecule has 0 aromatic heterocycles. The van der Waals surface area contributed by atoms with Gasteiger partial charge in [0.25, 0.3) is 0 Å². The Bertz CT molecular complexity index is 600. The first-order chi connectivity index (χ1) is 10.2. The molecule has 3 nitrogen and oxygen atoms in total. The van der Waals surface area contributed by atoms with Crippen molar-refractivity contribution in [2.45, 2.75) is 19.8 Å². The van der Waals surface area contributed by atoms with Crippen molar-refractivity contribution in [2.24, 2.45) is 0 Å². The minimum Gasteiger partial charge on any atom is -0.494 e. The van der Waals surface area contributed by atoms with Gasteiger partial charge in [0, 0.05) is 17.5 Å². The maximum absolute atomic E-state index is 12.2. The first-order valence-electron chi connectivity index (χ1n) is 6.99. The predicted molar refractivity (Wildman–Crippen MR) is 81.7 cm³/mol. The van der Waals surface area contributed by atoms with Crippen LogP contribution in [0.1, 0.15) is 35.7 Å². The summed E-state index contributed by atoms with van der Waals surface area (Å²) >= 11 is 0. The quantitative estimate of drug-likeness (QED) is 0.575. The highest BCUT2D eigenvalue weighted by atomic mass is 16.5. The van der Waals surface area contributed by atoms with E-state index < -0.39 is 0 Å². The number of rotatable bonds is 7. The van der Waals surface area contributed by atoms with E-state index in [2.05, 4.69) is 0 Å². The van der Waals surface area contributed by atoms with E-state index in [9.17, 15) is 9.59 Å². The molecule has 0 amide bonds. The molecule has 0 saturated heterocycles. The standard InChI is InChI=1S/C18H18O3/c1-14(19)6-5-13-21-17-11-9-16(10-12-17)18(20)15-7-3-2-4-8-15/h2-4,7-12H,5-6,13H2,1H3. The number of ether oxygens (including phenoxy) is 1. The first-order valence-corrected chi connectivity index (χ1v) is 6.99. The minimum absolute atomic E-state index is 0.00118. The van der Waals surface area contributed by atoms with E-state index in [-0.39, 0.29) is 11.6 Å². The van der Waals surface area contributed by atoms with Gasteiger partial charge in [-0.15, -0.1) is 0 Å². The van der Waals surface area contributed by atoms with E-state index in [0.29, 0.717) is 36.3 Å². The first kappa shape index (κ1) is 15.0. The predicted octanol–water partition coefficient (Wildman–Crippen LogP) is 3.67. The molecule has 0 aliphatic heterocycles. The van der Waals surface area contributed by atoms with E-state index in [4.69, 9.17) is 4.74 Å². The Morgan fingerprint density at radius 1 is 0.905 bits per heavy atom. The molecule has 0 saturated carbocycles. The van der Waals surface area contributed by atoms with Crippen molar-refractivity contribution >= 4 is 11.6 Å². The van der Waals surface area contributed by atoms with Crippen molar-refractivity contribution in [3.8, 4) is 5.75 Å². The van der Waals surface area contributed by atoms with E-state index in [1.807, 2.05) is 18.2 Å². The molecule has 2 rings (SSSR count). The van der Waals surface area contributed by atoms with Crippen LogP contribution >= 0.6 is 0 Å². The Morgan fingerprint density at radius 3 is 2.14 bits per heavy atom. The van der Waals surface area contributed by atoms with E-state index >= 15 is 0 Å². The summed E-state index contributed by atoms with van der Waals surface area (Å²) in [4.78, 5) is 23.0. The lowest BCUT2D eigenvalue weighted by Gasteiger charge is -2.06. The summed E-state index contributed by atoms with van der Waals surface area (Å²) in [7, 11) is 0. The Hall–Kier alpha value is -2.42. The van der Waals surface area contributed by atoms with E-state index in [1.165, 1.54) is 0 Å². The van der Waals surface area contributed by atoms with Gasteiger partial charge in [-0.1, -0.05) is 30.3 Å². The molecule has 0 spiro atoms. The third-order valence-corrected chi connectivity index (χ3v) is 3.09. The Labute approximate surface area is 124 Å². The third kappa shape index (κ3) is 4.56. The smallest absolute Gasteiger partial charge is 0.193 e. The Balaban J connectivity index is 1.93. The highest BCUT2D eigenvalue weighted by Gasteiger charge is 2.08. The normalized spacial score (nSPS) is 10.1. The van der Waals surface area contributed by atoms with Gasteiger partial charge in [0.2, 0.25) is 0 Å². The summed E-state index contributed by atoms with van der Waals surface area (Å²) in [6.45, 7) is 2.08. The monoisotopic (exact) mass is 282 g/mol. The Kier molecular flexibility index (Phi) is 5.27. The molecular weight excluding hydrogens is 264 g/mol. The second-order valence-electron chi connectivity index (χ2n) is 4.87. The van der Waals surface area contributed by atoms with Crippen molar-refractivity contribution in [1.29, 1.82) is 0 Å². The maximum atomic E-state index is 12.2. The van der Waals surface area contributed by atoms with Gasteiger partial charge in [0.15, 0.2) is 5.78 Å². The minimum atomic E-state index is -0.00118. The second kappa shape index (κ2) is 7.39. The molecule has 3 heteroatoms. The largest absolute Gasteiger partial charge is 0.494 e. The summed E-state index contributed by atoms with van der Waals surface area (Å²) < 4.78 is 5.53. The van der Waals surface area contributed by atoms with Crippen LogP contribution in [-0.2, 0) is 4.79 Å². The number of carbonyl (C=O) groups excluding carboxylic acids is 2. The van der Waals surface area contributed by atoms with Crippen LogP contribution in [0.15, 0.2) is 54.6 Å². The van der Waals surface area contributed by atoms with Gasteiger partial charge in [-0.3, -0.25) is 4.79 Å². The van der Waals surface area contributed by atoms with Crippen LogP contribution in [0.25, 0.3) is 0 Å². The van der Waals surface area contributed by atoms with Crippen LogP contribution in [0, 0.1) is 0 Å². The third-order valence-electron chi connectivity index (χ3n) is 3.09. The number of hydrogen-bond donors (Lipinski definition) is 0. The van der Waals surface area contributed by atoms with Crippen LogP contribution < -0.4 is 4.74 Å². The lowest BCUT2D eigenvalue weighted by Crippen LogP contribution is -2.02. The molecule has 0 unspecified atom stereocenters. The summed E-state index contributed by atoms with van der Waals surface area (Å²) in [6, 6.07) is 16.3. The van der Waals surface area contributed by atoms with Crippen molar-refractivity contribution in [1.82, 2.24) is 0 Å². The zero-order chi connectivity index (χ0) is 15.1. The van der Waals surface area contributed by atoms with Crippen molar-refractivity contribution in [2.75, 3.05) is 6.61 Å². The van der Waals surface area contributed by atoms with Crippen molar-refractivity contribution in [3.63, 3.8) is 0 Å². The average Bonchev–Trinajstić information content (AvgIpc) is 2.52. The van der Waals surface area contributed by atoms with Gasteiger partial charge >= 0.3 is 0 Å². The van der Waals surface area contributed by atoms with E-state index in [1.54, 1.807) is 43.3 Å². The molecule has 0 N–H and O–H groups in total. The molecule has 108 valence electrons. The van der Waals surface area contributed by atoms with Crippen LogP contribution in [0.3, 0.4) is 0 Å². The summed E-state index contributed by atoms with van der Waals surface area (Å²) in [5.74, 6) is 0.879. The van der Waals surface area contributed by atoms with Crippen LogP contribution in [0.4, 0.5) is 0 Å². The molecule has 0 atom stereocenters. The summed E-state index contributed by atoms with van der Waals surface area (Å²) in [6.07, 6.45) is 1.24. The van der Waals surface area contributed by atoms with Crippen molar-refractivity contribution in [3.05, 3.63) is 65.7 Å². The van der Waals surface area contributed by atoms with Crippen molar-refractivity contribution < 1.29 is 14.3 Å². The fourth-order valence-electron chi connectivity index (χ4n) is 1.97. The fraction of sp³-hybridized carbons (Fsp3) is 0.222. The zero-order valence-corrected chi connectivity index (χ0v) is 12.0. The lowest BCUT2D eigenvalue weighted by atomic mass is 10.0. The van der Waals surface area contributed by atoms with Crippen LogP contribution in [-0.4, -0.2) is 18.2 Å². The molecular formula is C18H18O3. The van der Waals surface area contributed by atoms with E-state index in [0.717, 1.165) is 0 Å². The summed E-state index contributed by atoms with van der Waals surface area (Å²) in [5.41, 5.74) is 1.31. The highest BCUT2D eigenvalue weighted by Crippen LogP contribution is 2.15. The van der Waals surface area contributed by atoms with Crippen LogP contribution in [0.5, 0.6) is 5.75 Å². The van der Waals surface area contributed by atoms with Gasteiger partial charge in [-0.2, -0.15) is 0 Å². The zero-order valence-electron chi connectivity index (χ0n) is 12.0. The molecule has 0 heterocycles. The molecule has 2 aromatic rings. The SMILES string of the molecule is CC(=O)CCCOc1ccc(C(=O)c2ccccc2)cc1. The molecule has 0 bridgehead atoms. The fourth-order valence-corrected chi connectivity index (χ4v) is 1.97. The molecule has 0 aliphatic carbocycles. The van der Waals surface area contributed by atoms with Gasteiger partial charge in [0.05, 0.1) is 6.61 Å². The lowest BCUT2D eigenvalue weighted by molar-refractivity contribution is -0.117. The van der Waals surface area contributed by atoms with Gasteiger partial charge in [-0.05, 0) is 37.6 Å².